The van der Waals surface area contributed by atoms with E-state index in [9.17, 15) is 9.90 Å². The Kier molecular flexibility index (Phi) is 5.60. The maximum Gasteiger partial charge on any atom is 0.224 e. The van der Waals surface area contributed by atoms with Gasteiger partial charge in [-0.3, -0.25) is 9.69 Å². The monoisotopic (exact) mass is 270 g/mol. The van der Waals surface area contributed by atoms with Crippen molar-refractivity contribution in [3.05, 3.63) is 0 Å². The van der Waals surface area contributed by atoms with Crippen molar-refractivity contribution in [2.45, 2.75) is 44.8 Å². The van der Waals surface area contributed by atoms with E-state index in [0.717, 1.165) is 39.0 Å². The molecule has 0 bridgehead atoms. The Bertz CT molecular complexity index is 290. The summed E-state index contributed by atoms with van der Waals surface area (Å²) in [5.41, 5.74) is 0. The molecule has 2 aliphatic heterocycles. The zero-order chi connectivity index (χ0) is 13.7. The standard InChI is InChI=1S/C14H26N2O3/c1-12(17)11-13-3-2-5-15(13)6-4-14(18)16-7-9-19-10-8-16/h12-13,17H,2-11H2,1H3. The van der Waals surface area contributed by atoms with Gasteiger partial charge >= 0.3 is 0 Å². The van der Waals surface area contributed by atoms with Crippen molar-refractivity contribution in [3.63, 3.8) is 0 Å². The maximum atomic E-state index is 12.1. The van der Waals surface area contributed by atoms with Crippen LogP contribution in [0.4, 0.5) is 0 Å². The number of rotatable bonds is 5. The Labute approximate surface area is 115 Å². The first kappa shape index (κ1) is 14.8. The third-order valence-corrected chi connectivity index (χ3v) is 4.09. The lowest BCUT2D eigenvalue weighted by molar-refractivity contribution is -0.135. The number of morpholine rings is 1. The first-order chi connectivity index (χ1) is 9.16. The molecule has 2 heterocycles. The van der Waals surface area contributed by atoms with E-state index < -0.39 is 0 Å². The highest BCUT2D eigenvalue weighted by molar-refractivity contribution is 5.76. The van der Waals surface area contributed by atoms with Crippen LogP contribution in [0.1, 0.15) is 32.6 Å². The molecule has 2 unspecified atom stereocenters. The Morgan fingerprint density at radius 1 is 1.37 bits per heavy atom. The maximum absolute atomic E-state index is 12.1. The summed E-state index contributed by atoms with van der Waals surface area (Å²) in [6, 6.07) is 0.456. The van der Waals surface area contributed by atoms with Crippen molar-refractivity contribution in [1.29, 1.82) is 0 Å². The average molecular weight is 270 g/mol. The molecule has 19 heavy (non-hydrogen) atoms. The number of aliphatic hydroxyl groups excluding tert-OH is 1. The number of carbonyl (C=O) groups is 1. The summed E-state index contributed by atoms with van der Waals surface area (Å²) in [4.78, 5) is 16.4. The number of aliphatic hydroxyl groups is 1. The molecule has 1 amide bonds. The van der Waals surface area contributed by atoms with E-state index in [2.05, 4.69) is 4.90 Å². The van der Waals surface area contributed by atoms with Crippen LogP contribution in [0.2, 0.25) is 0 Å². The molecular formula is C14H26N2O3. The van der Waals surface area contributed by atoms with E-state index in [4.69, 9.17) is 4.74 Å². The van der Waals surface area contributed by atoms with Crippen molar-refractivity contribution in [3.8, 4) is 0 Å². The summed E-state index contributed by atoms with van der Waals surface area (Å²) in [6.07, 6.45) is 3.50. The molecule has 0 aliphatic carbocycles. The molecule has 0 aromatic rings. The van der Waals surface area contributed by atoms with Gasteiger partial charge in [-0.05, 0) is 32.7 Å². The highest BCUT2D eigenvalue weighted by Crippen LogP contribution is 2.21. The van der Waals surface area contributed by atoms with Crippen molar-refractivity contribution in [2.24, 2.45) is 0 Å². The summed E-state index contributed by atoms with van der Waals surface area (Å²) in [6.45, 7) is 6.53. The molecule has 2 rings (SSSR count). The van der Waals surface area contributed by atoms with E-state index in [1.807, 2.05) is 11.8 Å². The Morgan fingerprint density at radius 2 is 2.11 bits per heavy atom. The SMILES string of the molecule is CC(O)CC1CCCN1CCC(=O)N1CCOCC1. The number of hydrogen-bond acceptors (Lipinski definition) is 4. The van der Waals surface area contributed by atoms with E-state index in [1.165, 1.54) is 6.42 Å². The highest BCUT2D eigenvalue weighted by atomic mass is 16.5. The molecule has 5 nitrogen and oxygen atoms in total. The van der Waals surface area contributed by atoms with Crippen molar-refractivity contribution >= 4 is 5.91 Å². The normalized spacial score (nSPS) is 26.6. The second-order valence-corrected chi connectivity index (χ2v) is 5.66. The number of likely N-dealkylation sites (tertiary alicyclic amines) is 1. The van der Waals surface area contributed by atoms with Crippen LogP contribution in [-0.2, 0) is 9.53 Å². The van der Waals surface area contributed by atoms with Gasteiger partial charge in [0.1, 0.15) is 0 Å². The van der Waals surface area contributed by atoms with Crippen LogP contribution in [0, 0.1) is 0 Å². The van der Waals surface area contributed by atoms with Crippen molar-refractivity contribution in [2.75, 3.05) is 39.4 Å². The van der Waals surface area contributed by atoms with Crippen LogP contribution in [-0.4, -0.2) is 72.4 Å². The zero-order valence-corrected chi connectivity index (χ0v) is 11.9. The van der Waals surface area contributed by atoms with Gasteiger partial charge in [0, 0.05) is 32.1 Å². The van der Waals surface area contributed by atoms with Crippen molar-refractivity contribution in [1.82, 2.24) is 9.80 Å². The van der Waals surface area contributed by atoms with Gasteiger partial charge in [-0.15, -0.1) is 0 Å². The van der Waals surface area contributed by atoms with E-state index >= 15 is 0 Å². The lowest BCUT2D eigenvalue weighted by atomic mass is 10.1. The van der Waals surface area contributed by atoms with E-state index in [-0.39, 0.29) is 12.0 Å². The Hall–Kier alpha value is -0.650. The summed E-state index contributed by atoms with van der Waals surface area (Å²) >= 11 is 0. The van der Waals surface area contributed by atoms with Gasteiger partial charge in [-0.2, -0.15) is 0 Å². The molecule has 0 radical (unpaired) electrons. The van der Waals surface area contributed by atoms with Crippen LogP contribution in [0.5, 0.6) is 0 Å². The summed E-state index contributed by atoms with van der Waals surface area (Å²) in [5.74, 6) is 0.242. The number of hydrogen-bond donors (Lipinski definition) is 1. The Morgan fingerprint density at radius 3 is 2.79 bits per heavy atom. The van der Waals surface area contributed by atoms with Gasteiger partial charge in [-0.25, -0.2) is 0 Å². The second-order valence-electron chi connectivity index (χ2n) is 5.66. The number of amides is 1. The van der Waals surface area contributed by atoms with Gasteiger partial charge in [-0.1, -0.05) is 0 Å². The molecule has 2 atom stereocenters. The molecule has 0 spiro atoms. The molecule has 2 fully saturated rings. The number of nitrogens with zero attached hydrogens (tertiary/aromatic N) is 2. The fraction of sp³-hybridized carbons (Fsp3) is 0.929. The van der Waals surface area contributed by atoms with Gasteiger partial charge in [0.05, 0.1) is 19.3 Å². The largest absolute Gasteiger partial charge is 0.393 e. The predicted octanol–water partition coefficient (Wildman–Crippen LogP) is 0.471. The molecule has 2 aliphatic rings. The van der Waals surface area contributed by atoms with Crippen LogP contribution in [0.15, 0.2) is 0 Å². The molecule has 5 heteroatoms. The van der Waals surface area contributed by atoms with Gasteiger partial charge in [0.25, 0.3) is 0 Å². The minimum atomic E-state index is -0.249. The first-order valence-electron chi connectivity index (χ1n) is 7.44. The van der Waals surface area contributed by atoms with Gasteiger partial charge in [0.15, 0.2) is 0 Å². The molecule has 110 valence electrons. The van der Waals surface area contributed by atoms with E-state index in [1.54, 1.807) is 0 Å². The topological polar surface area (TPSA) is 53.0 Å². The lowest BCUT2D eigenvalue weighted by Crippen LogP contribution is -2.42. The number of carbonyl (C=O) groups excluding carboxylic acids is 1. The molecule has 1 N–H and O–H groups in total. The van der Waals surface area contributed by atoms with Crippen LogP contribution < -0.4 is 0 Å². The van der Waals surface area contributed by atoms with Crippen LogP contribution in [0.25, 0.3) is 0 Å². The zero-order valence-electron chi connectivity index (χ0n) is 11.9. The first-order valence-corrected chi connectivity index (χ1v) is 7.44. The molecular weight excluding hydrogens is 244 g/mol. The smallest absolute Gasteiger partial charge is 0.224 e. The second kappa shape index (κ2) is 7.22. The van der Waals surface area contributed by atoms with E-state index in [0.29, 0.717) is 25.7 Å². The third kappa shape index (κ3) is 4.44. The summed E-state index contributed by atoms with van der Waals surface area (Å²) in [7, 11) is 0. The highest BCUT2D eigenvalue weighted by Gasteiger charge is 2.26. The summed E-state index contributed by atoms with van der Waals surface area (Å²) in [5, 5.41) is 9.50. The van der Waals surface area contributed by atoms with Crippen LogP contribution in [0.3, 0.4) is 0 Å². The minimum Gasteiger partial charge on any atom is -0.393 e. The minimum absolute atomic E-state index is 0.242. The predicted molar refractivity (Wildman–Crippen MR) is 72.9 cm³/mol. The summed E-state index contributed by atoms with van der Waals surface area (Å²) < 4.78 is 5.26. The lowest BCUT2D eigenvalue weighted by Gasteiger charge is -2.29. The molecule has 0 aromatic heterocycles. The van der Waals surface area contributed by atoms with Gasteiger partial charge in [0.2, 0.25) is 5.91 Å². The average Bonchev–Trinajstić information content (AvgIpc) is 2.83. The molecule has 2 saturated heterocycles. The fourth-order valence-corrected chi connectivity index (χ4v) is 3.06. The molecule has 0 aromatic carbocycles. The fourth-order valence-electron chi connectivity index (χ4n) is 3.06. The third-order valence-electron chi connectivity index (χ3n) is 4.09. The molecule has 0 saturated carbocycles. The van der Waals surface area contributed by atoms with Crippen LogP contribution >= 0.6 is 0 Å². The quantitative estimate of drug-likeness (QED) is 0.789. The van der Waals surface area contributed by atoms with Gasteiger partial charge < -0.3 is 14.7 Å². The Balaban J connectivity index is 1.72. The van der Waals surface area contributed by atoms with Crippen molar-refractivity contribution < 1.29 is 14.6 Å². The number of ether oxygens (including phenoxy) is 1.